The normalized spacial score (nSPS) is 29.4. The predicted octanol–water partition coefficient (Wildman–Crippen LogP) is -0.0877. The minimum atomic E-state index is -6.48. The molecule has 0 saturated carbocycles. The summed E-state index contributed by atoms with van der Waals surface area (Å²) in [5.74, 6) is 0.473. The first kappa shape index (κ1) is 36.0. The zero-order chi connectivity index (χ0) is 34.4. The number of nitrogens with zero attached hydrogens (tertiary/aromatic N) is 1. The zero-order valence-corrected chi connectivity index (χ0v) is 27.2. The summed E-state index contributed by atoms with van der Waals surface area (Å²) in [5, 5.41) is 24.7. The van der Waals surface area contributed by atoms with Crippen LogP contribution < -0.4 is 24.9 Å². The number of nitrogens with one attached hydrogen (secondary N) is 1. The Labute approximate surface area is 265 Å². The minimum absolute atomic E-state index is 0.267. The van der Waals surface area contributed by atoms with E-state index in [0.29, 0.717) is 16.7 Å². The number of phosphoric ester groups is 2. The summed E-state index contributed by atoms with van der Waals surface area (Å²) in [4.78, 5) is 61.6. The quantitative estimate of drug-likeness (QED) is 0.226. The fraction of sp³-hybridized carbons (Fsp3) is 0.348. The van der Waals surface area contributed by atoms with E-state index in [9.17, 15) is 52.8 Å². The van der Waals surface area contributed by atoms with Gasteiger partial charge in [0.15, 0.2) is 6.23 Å². The van der Waals surface area contributed by atoms with Gasteiger partial charge in [0.05, 0.1) is 19.0 Å². The number of urea groups is 1. The Morgan fingerprint density at radius 3 is 2.17 bits per heavy atom. The molecule has 1 saturated heterocycles. The average Bonchev–Trinajstić information content (AvgIpc) is 3.45. The molecule has 0 spiro atoms. The number of phosphoric acid groups is 4. The van der Waals surface area contributed by atoms with Crippen LogP contribution in [0.2, 0.25) is 0 Å². The number of rotatable bonds is 13. The molecule has 6 unspecified atom stereocenters. The van der Waals surface area contributed by atoms with Crippen molar-refractivity contribution in [2.45, 2.75) is 44.3 Å². The Balaban J connectivity index is 1.14. The van der Waals surface area contributed by atoms with Crippen molar-refractivity contribution >= 4 is 48.1 Å². The minimum Gasteiger partial charge on any atom is -0.756 e. The zero-order valence-electron chi connectivity index (χ0n) is 23.7. The van der Waals surface area contributed by atoms with Gasteiger partial charge in [0, 0.05) is 11.8 Å². The number of carbonyl (C=O) groups excluding carboxylic acids is 1. The van der Waals surface area contributed by atoms with Crippen molar-refractivity contribution in [3.8, 4) is 0 Å². The van der Waals surface area contributed by atoms with E-state index in [1.165, 1.54) is 18.3 Å². The highest BCUT2D eigenvalue weighted by atomic mass is 31.3. The van der Waals surface area contributed by atoms with Gasteiger partial charge in [-0.1, -0.05) is 36.4 Å². The van der Waals surface area contributed by atoms with Gasteiger partial charge in [0.1, 0.15) is 18.3 Å². The molecule has 47 heavy (non-hydrogen) atoms. The van der Waals surface area contributed by atoms with Gasteiger partial charge in [-0.15, -0.1) is 0 Å². The SMILES string of the molecule is CC1=CC2=CN([C@@H]3O[C@H](COP(=O)([O-])OP(=O)([O-])OP(=O)([O-])OP(=O)([O-])OCc4ccc5ccccc5c4)[C@H](O)C3O)C(=O)NC2O1. The van der Waals surface area contributed by atoms with E-state index in [0.717, 1.165) is 10.3 Å². The molecule has 9 atom stereocenters. The third kappa shape index (κ3) is 9.03. The van der Waals surface area contributed by atoms with Crippen molar-refractivity contribution in [1.82, 2.24) is 10.2 Å². The van der Waals surface area contributed by atoms with Crippen molar-refractivity contribution < 1.29 is 84.3 Å². The van der Waals surface area contributed by atoms with E-state index in [1.807, 2.05) is 0 Å². The maximum Gasteiger partial charge on any atom is 0.326 e. The maximum atomic E-state index is 12.5. The highest BCUT2D eigenvalue weighted by molar-refractivity contribution is 7.68. The van der Waals surface area contributed by atoms with E-state index >= 15 is 0 Å². The Morgan fingerprint density at radius 1 is 0.872 bits per heavy atom. The fourth-order valence-electron chi connectivity index (χ4n) is 4.60. The first-order valence-corrected chi connectivity index (χ1v) is 19.0. The van der Waals surface area contributed by atoms with Crippen LogP contribution in [0.5, 0.6) is 0 Å². The molecule has 3 heterocycles. The molecule has 0 aromatic heterocycles. The summed E-state index contributed by atoms with van der Waals surface area (Å²) in [6.07, 6.45) is -4.93. The van der Waals surface area contributed by atoms with E-state index in [4.69, 9.17) is 9.47 Å². The molecule has 3 aliphatic rings. The van der Waals surface area contributed by atoms with Crippen LogP contribution in [-0.2, 0) is 56.3 Å². The van der Waals surface area contributed by atoms with Crippen molar-refractivity contribution in [3.63, 3.8) is 0 Å². The fourth-order valence-corrected chi connectivity index (χ4v) is 9.33. The van der Waals surface area contributed by atoms with Crippen molar-refractivity contribution in [1.29, 1.82) is 0 Å². The second kappa shape index (κ2) is 13.5. The molecule has 3 aliphatic heterocycles. The topological polar surface area (TPSA) is 298 Å². The van der Waals surface area contributed by atoms with Crippen LogP contribution in [0.1, 0.15) is 12.5 Å². The van der Waals surface area contributed by atoms with Gasteiger partial charge in [0.25, 0.3) is 31.3 Å². The highest BCUT2D eigenvalue weighted by Gasteiger charge is 2.48. The monoisotopic (exact) mass is 740 g/mol. The predicted molar refractivity (Wildman–Crippen MR) is 146 cm³/mol. The number of allylic oxidation sites excluding steroid dienone is 1. The molecule has 3 N–H and O–H groups in total. The number of fused-ring (bicyclic) bond motifs is 2. The lowest BCUT2D eigenvalue weighted by Crippen LogP contribution is -2.54. The molecule has 2 aromatic carbocycles. The van der Waals surface area contributed by atoms with Gasteiger partial charge >= 0.3 is 6.03 Å². The van der Waals surface area contributed by atoms with Gasteiger partial charge in [-0.3, -0.25) is 28.5 Å². The van der Waals surface area contributed by atoms with Gasteiger partial charge in [-0.2, -0.15) is 0 Å². The van der Waals surface area contributed by atoms with Crippen molar-refractivity contribution in [2.24, 2.45) is 0 Å². The Hall–Kier alpha value is -2.31. The number of aliphatic hydroxyl groups excluding tert-OH is 2. The summed E-state index contributed by atoms with van der Waals surface area (Å²) in [5.41, 5.74) is 0.725. The van der Waals surface area contributed by atoms with Crippen LogP contribution in [0.15, 0.2) is 66.1 Å². The van der Waals surface area contributed by atoms with Crippen LogP contribution >= 0.6 is 31.3 Å². The molecule has 0 aliphatic carbocycles. The maximum absolute atomic E-state index is 12.5. The Bertz CT molecular complexity index is 1800. The van der Waals surface area contributed by atoms with E-state index in [-0.39, 0.29) is 5.56 Å². The third-order valence-electron chi connectivity index (χ3n) is 6.57. The number of benzene rings is 2. The molecule has 20 nitrogen and oxygen atoms in total. The van der Waals surface area contributed by atoms with Crippen molar-refractivity contribution in [2.75, 3.05) is 6.61 Å². The molecule has 2 amide bonds. The molecular formula is C23H24N2O18P4-4. The first-order chi connectivity index (χ1) is 21.8. The van der Waals surface area contributed by atoms with E-state index in [1.54, 1.807) is 43.3 Å². The second-order valence-electron chi connectivity index (χ2n) is 10.1. The number of carbonyl (C=O) groups is 1. The van der Waals surface area contributed by atoms with Gasteiger partial charge in [-0.25, -0.2) is 17.7 Å². The average molecular weight is 740 g/mol. The molecule has 24 heteroatoms. The van der Waals surface area contributed by atoms with Crippen molar-refractivity contribution in [3.05, 3.63) is 71.6 Å². The highest BCUT2D eigenvalue weighted by Crippen LogP contribution is 2.66. The molecule has 0 bridgehead atoms. The molecule has 2 aromatic rings. The lowest BCUT2D eigenvalue weighted by molar-refractivity contribution is -0.255. The summed E-state index contributed by atoms with van der Waals surface area (Å²) in [7, 11) is -24.7. The summed E-state index contributed by atoms with van der Waals surface area (Å²) in [6.45, 7) is -0.316. The lowest BCUT2D eigenvalue weighted by Gasteiger charge is -2.36. The van der Waals surface area contributed by atoms with Crippen LogP contribution in [0.4, 0.5) is 4.79 Å². The van der Waals surface area contributed by atoms with Crippen LogP contribution in [0.3, 0.4) is 0 Å². The number of hydrogen-bond acceptors (Lipinski definition) is 18. The first-order valence-electron chi connectivity index (χ1n) is 13.1. The smallest absolute Gasteiger partial charge is 0.326 e. The molecule has 0 radical (unpaired) electrons. The number of aliphatic hydroxyl groups is 2. The lowest BCUT2D eigenvalue weighted by atomic mass is 10.1. The van der Waals surface area contributed by atoms with Crippen LogP contribution in [-0.4, -0.2) is 58.5 Å². The molecule has 1 fully saturated rings. The number of amides is 2. The van der Waals surface area contributed by atoms with Crippen LogP contribution in [0, 0.1) is 0 Å². The van der Waals surface area contributed by atoms with Gasteiger partial charge < -0.3 is 48.3 Å². The van der Waals surface area contributed by atoms with E-state index in [2.05, 4.69) is 27.3 Å². The number of hydrogen-bond donors (Lipinski definition) is 3. The van der Waals surface area contributed by atoms with Crippen LogP contribution in [0.25, 0.3) is 10.8 Å². The molecule has 258 valence electrons. The summed E-state index contributed by atoms with van der Waals surface area (Å²) >= 11 is 0. The summed E-state index contributed by atoms with van der Waals surface area (Å²) < 4.78 is 78.6. The van der Waals surface area contributed by atoms with E-state index < -0.39 is 81.3 Å². The molecule has 5 rings (SSSR count). The Morgan fingerprint density at radius 2 is 1.49 bits per heavy atom. The number of ether oxygens (including phenoxy) is 2. The second-order valence-corrected chi connectivity index (χ2v) is 16.1. The third-order valence-corrected chi connectivity index (χ3v) is 12.3. The van der Waals surface area contributed by atoms with Gasteiger partial charge in [0.2, 0.25) is 6.23 Å². The largest absolute Gasteiger partial charge is 0.756 e. The van der Waals surface area contributed by atoms with Gasteiger partial charge in [-0.05, 0) is 35.4 Å². The summed E-state index contributed by atoms with van der Waals surface area (Å²) in [6, 6.07) is 10.8. The Kier molecular flexibility index (Phi) is 10.4. The molecular weight excluding hydrogens is 716 g/mol. The standard InChI is InChI=1S/C23H28N2O18P4/c1-13-8-17-10-25(23(28)24-21(17)39-13)22-20(27)19(26)18(40-22)12-38-45(31,32)42-47(35,36)43-46(33,34)41-44(29,30)37-11-14-6-7-15-4-2-3-5-16(15)9-14/h2-10,18-22,26-27H,11-12H2,1H3,(H,24,28)(H,29,30)(H,31,32)(H,33,34)(H,35,36)/p-4/t18-,19+,20?,21?,22-/m1/s1.